The van der Waals surface area contributed by atoms with Gasteiger partial charge in [-0.05, 0) is 56.0 Å². The van der Waals surface area contributed by atoms with E-state index in [-0.39, 0.29) is 6.04 Å². The largest absolute Gasteiger partial charge is 0.416 e. The monoisotopic (exact) mass is 294 g/mol. The van der Waals surface area contributed by atoms with Gasteiger partial charge in [0.2, 0.25) is 0 Å². The predicted octanol–water partition coefficient (Wildman–Crippen LogP) is 4.14. The molecule has 1 heterocycles. The number of alkyl halides is 3. The molecule has 112 valence electrons. The number of aryl methyl sites for hydroxylation is 1. The fourth-order valence-electron chi connectivity index (χ4n) is 3.12. The van der Waals surface area contributed by atoms with E-state index < -0.39 is 11.7 Å². The number of hydrogen-bond acceptors (Lipinski definition) is 1. The van der Waals surface area contributed by atoms with Crippen molar-refractivity contribution in [3.63, 3.8) is 0 Å². The van der Waals surface area contributed by atoms with Crippen LogP contribution < -0.4 is 5.73 Å². The summed E-state index contributed by atoms with van der Waals surface area (Å²) >= 11 is 0. The molecule has 1 aromatic carbocycles. The van der Waals surface area contributed by atoms with Crippen molar-refractivity contribution in [2.24, 2.45) is 5.73 Å². The average Bonchev–Trinajstić information content (AvgIpc) is 2.76. The van der Waals surface area contributed by atoms with Crippen LogP contribution >= 0.6 is 0 Å². The number of nitrogens with zero attached hydrogens (tertiary/aromatic N) is 1. The summed E-state index contributed by atoms with van der Waals surface area (Å²) in [5.41, 5.74) is 9.08. The molecule has 0 radical (unpaired) electrons. The van der Waals surface area contributed by atoms with Gasteiger partial charge >= 0.3 is 6.18 Å². The molecule has 0 fully saturated rings. The molecule has 1 aliphatic rings. The molecule has 0 spiro atoms. The number of nitrogens with two attached hydrogens (primary N) is 1. The van der Waals surface area contributed by atoms with Gasteiger partial charge in [-0.15, -0.1) is 0 Å². The number of halogens is 3. The van der Waals surface area contributed by atoms with Crippen LogP contribution in [0.5, 0.6) is 0 Å². The molecule has 0 amide bonds. The molecular weight excluding hydrogens is 277 g/mol. The Bertz CT molecular complexity index is 671. The molecule has 0 bridgehead atoms. The molecule has 21 heavy (non-hydrogen) atoms. The van der Waals surface area contributed by atoms with E-state index >= 15 is 0 Å². The van der Waals surface area contributed by atoms with E-state index in [9.17, 15) is 13.2 Å². The number of fused-ring (bicyclic) bond motifs is 1. The zero-order chi connectivity index (χ0) is 15.2. The minimum Gasteiger partial charge on any atom is -0.324 e. The maximum absolute atomic E-state index is 12.9. The van der Waals surface area contributed by atoms with Crippen LogP contribution in [0.4, 0.5) is 13.2 Å². The summed E-state index contributed by atoms with van der Waals surface area (Å²) in [4.78, 5) is 0. The molecule has 1 aliphatic carbocycles. The van der Waals surface area contributed by atoms with Gasteiger partial charge < -0.3 is 10.3 Å². The van der Waals surface area contributed by atoms with E-state index in [2.05, 4.69) is 0 Å². The molecule has 3 rings (SSSR count). The van der Waals surface area contributed by atoms with Gasteiger partial charge in [0.1, 0.15) is 0 Å². The van der Waals surface area contributed by atoms with E-state index in [1.165, 1.54) is 12.1 Å². The van der Waals surface area contributed by atoms with Crippen molar-refractivity contribution in [2.45, 2.75) is 38.4 Å². The van der Waals surface area contributed by atoms with Crippen LogP contribution in [0, 0.1) is 6.92 Å². The lowest BCUT2D eigenvalue weighted by atomic mass is 9.93. The molecule has 2 nitrogen and oxygen atoms in total. The molecule has 1 atom stereocenters. The minimum atomic E-state index is -4.33. The predicted molar refractivity (Wildman–Crippen MR) is 75.4 cm³/mol. The van der Waals surface area contributed by atoms with Gasteiger partial charge in [-0.3, -0.25) is 0 Å². The average molecular weight is 294 g/mol. The first kappa shape index (κ1) is 14.2. The van der Waals surface area contributed by atoms with Gasteiger partial charge in [-0.1, -0.05) is 6.07 Å². The van der Waals surface area contributed by atoms with Gasteiger partial charge in [0.15, 0.2) is 0 Å². The van der Waals surface area contributed by atoms with Crippen molar-refractivity contribution in [2.75, 3.05) is 0 Å². The zero-order valence-electron chi connectivity index (χ0n) is 11.7. The minimum absolute atomic E-state index is 0.0144. The van der Waals surface area contributed by atoms with Gasteiger partial charge in [0, 0.05) is 23.1 Å². The maximum Gasteiger partial charge on any atom is 0.416 e. The summed E-state index contributed by atoms with van der Waals surface area (Å²) in [5.74, 6) is 0. The number of benzene rings is 1. The Balaban J connectivity index is 2.13. The second kappa shape index (κ2) is 4.91. The van der Waals surface area contributed by atoms with Crippen molar-refractivity contribution < 1.29 is 13.2 Å². The summed E-state index contributed by atoms with van der Waals surface area (Å²) in [6, 6.07) is 7.45. The first-order chi connectivity index (χ1) is 9.88. The van der Waals surface area contributed by atoms with E-state index in [0.29, 0.717) is 5.69 Å². The second-order valence-electron chi connectivity index (χ2n) is 5.57. The van der Waals surface area contributed by atoms with Gasteiger partial charge in [-0.2, -0.15) is 13.2 Å². The van der Waals surface area contributed by atoms with E-state index in [4.69, 9.17) is 5.73 Å². The van der Waals surface area contributed by atoms with Crippen molar-refractivity contribution in [1.29, 1.82) is 0 Å². The van der Waals surface area contributed by atoms with Gasteiger partial charge in [0.25, 0.3) is 0 Å². The van der Waals surface area contributed by atoms with Crippen molar-refractivity contribution in [1.82, 2.24) is 4.57 Å². The normalized spacial score (nSPS) is 18.6. The Kier molecular flexibility index (Phi) is 3.32. The van der Waals surface area contributed by atoms with Crippen LogP contribution in [0.15, 0.2) is 30.3 Å². The quantitative estimate of drug-likeness (QED) is 0.842. The van der Waals surface area contributed by atoms with Crippen LogP contribution in [0.3, 0.4) is 0 Å². The van der Waals surface area contributed by atoms with E-state index in [1.54, 1.807) is 6.07 Å². The van der Waals surface area contributed by atoms with Crippen LogP contribution in [0.2, 0.25) is 0 Å². The smallest absolute Gasteiger partial charge is 0.324 e. The summed E-state index contributed by atoms with van der Waals surface area (Å²) < 4.78 is 40.6. The summed E-state index contributed by atoms with van der Waals surface area (Å²) in [5, 5.41) is 0. The summed E-state index contributed by atoms with van der Waals surface area (Å²) in [7, 11) is 0. The van der Waals surface area contributed by atoms with Crippen LogP contribution in [0.25, 0.3) is 5.69 Å². The van der Waals surface area contributed by atoms with E-state index in [0.717, 1.165) is 42.3 Å². The molecule has 0 saturated carbocycles. The lowest BCUT2D eigenvalue weighted by molar-refractivity contribution is -0.137. The first-order valence-corrected chi connectivity index (χ1v) is 7.02. The van der Waals surface area contributed by atoms with Crippen molar-refractivity contribution in [3.8, 4) is 5.69 Å². The number of hydrogen-bond donors (Lipinski definition) is 1. The van der Waals surface area contributed by atoms with Crippen LogP contribution in [0.1, 0.15) is 41.4 Å². The first-order valence-electron chi connectivity index (χ1n) is 7.02. The molecular formula is C16H17F3N2. The Morgan fingerprint density at radius 3 is 2.71 bits per heavy atom. The highest BCUT2D eigenvalue weighted by Crippen LogP contribution is 2.35. The molecule has 5 heteroatoms. The molecule has 0 aliphatic heterocycles. The molecule has 0 saturated heterocycles. The molecule has 2 aromatic rings. The van der Waals surface area contributed by atoms with Gasteiger partial charge in [0.05, 0.1) is 5.56 Å². The Hall–Kier alpha value is -1.75. The zero-order valence-corrected chi connectivity index (χ0v) is 11.7. The number of aromatic nitrogens is 1. The fourth-order valence-corrected chi connectivity index (χ4v) is 3.12. The van der Waals surface area contributed by atoms with Crippen LogP contribution in [-0.4, -0.2) is 4.57 Å². The molecule has 2 N–H and O–H groups in total. The maximum atomic E-state index is 12.9. The third kappa shape index (κ3) is 2.46. The summed E-state index contributed by atoms with van der Waals surface area (Å²) in [6.45, 7) is 1.91. The highest BCUT2D eigenvalue weighted by Gasteiger charge is 2.31. The Morgan fingerprint density at radius 2 is 2.00 bits per heavy atom. The van der Waals surface area contributed by atoms with Crippen molar-refractivity contribution >= 4 is 0 Å². The topological polar surface area (TPSA) is 30.9 Å². The highest BCUT2D eigenvalue weighted by atomic mass is 19.4. The molecule has 1 aromatic heterocycles. The Labute approximate surface area is 121 Å². The van der Waals surface area contributed by atoms with Gasteiger partial charge in [-0.25, -0.2) is 0 Å². The fraction of sp³-hybridized carbons (Fsp3) is 0.375. The van der Waals surface area contributed by atoms with Crippen LogP contribution in [-0.2, 0) is 12.6 Å². The Morgan fingerprint density at radius 1 is 1.24 bits per heavy atom. The standard InChI is InChI=1S/C16H17F3N2/c1-10-8-13-14(20)6-3-7-15(13)21(10)12-5-2-4-11(9-12)16(17,18)19/h2,4-5,8-9,14H,3,6-7,20H2,1H3/t14-/m0/s1. The summed E-state index contributed by atoms with van der Waals surface area (Å²) in [6.07, 6.45) is -1.57. The molecule has 0 unspecified atom stereocenters. The van der Waals surface area contributed by atoms with Crippen molar-refractivity contribution in [3.05, 3.63) is 52.8 Å². The lowest BCUT2D eigenvalue weighted by Gasteiger charge is -2.21. The van der Waals surface area contributed by atoms with E-state index in [1.807, 2.05) is 17.6 Å². The third-order valence-corrected chi connectivity index (χ3v) is 4.08. The highest BCUT2D eigenvalue weighted by molar-refractivity contribution is 5.45. The number of rotatable bonds is 1. The lowest BCUT2D eigenvalue weighted by Crippen LogP contribution is -2.18. The second-order valence-corrected chi connectivity index (χ2v) is 5.57. The SMILES string of the molecule is Cc1cc2c(n1-c1cccc(C(F)(F)F)c1)CCC[C@@H]2N. The third-order valence-electron chi connectivity index (χ3n) is 4.08.